The van der Waals surface area contributed by atoms with Crippen LogP contribution in [0.4, 0.5) is 8.78 Å². The first kappa shape index (κ1) is 15.4. The van der Waals surface area contributed by atoms with Gasteiger partial charge in [0.1, 0.15) is 11.6 Å². The molecule has 1 heterocycles. The molecule has 2 nitrogen and oxygen atoms in total. The Kier molecular flexibility index (Phi) is 4.76. The van der Waals surface area contributed by atoms with Crippen LogP contribution in [-0.2, 0) is 4.74 Å². The topological polar surface area (TPSA) is 21.3 Å². The van der Waals surface area contributed by atoms with Gasteiger partial charge in [-0.05, 0) is 51.3 Å². The first-order chi connectivity index (χ1) is 9.43. The second-order valence-electron chi connectivity index (χ2n) is 5.90. The highest BCUT2D eigenvalue weighted by Gasteiger charge is 2.32. The van der Waals surface area contributed by atoms with Gasteiger partial charge in [0.2, 0.25) is 0 Å². The van der Waals surface area contributed by atoms with Crippen LogP contribution in [0.25, 0.3) is 0 Å². The van der Waals surface area contributed by atoms with Crippen molar-refractivity contribution in [1.29, 1.82) is 0 Å². The maximum absolute atomic E-state index is 13.8. The van der Waals surface area contributed by atoms with Gasteiger partial charge in [-0.1, -0.05) is 6.92 Å². The fraction of sp³-hybridized carbons (Fsp3) is 0.625. The lowest BCUT2D eigenvalue weighted by atomic mass is 9.89. The zero-order chi connectivity index (χ0) is 14.8. The summed E-state index contributed by atoms with van der Waals surface area (Å²) < 4.78 is 32.8. The Hall–Kier alpha value is -1.00. The van der Waals surface area contributed by atoms with Crippen LogP contribution < -0.4 is 5.32 Å². The van der Waals surface area contributed by atoms with Gasteiger partial charge >= 0.3 is 0 Å². The number of benzene rings is 1. The van der Waals surface area contributed by atoms with Crippen LogP contribution in [-0.4, -0.2) is 18.2 Å². The second-order valence-corrected chi connectivity index (χ2v) is 5.90. The molecule has 3 atom stereocenters. The fourth-order valence-electron chi connectivity index (χ4n) is 2.81. The van der Waals surface area contributed by atoms with Crippen LogP contribution >= 0.6 is 0 Å². The monoisotopic (exact) mass is 283 g/mol. The summed E-state index contributed by atoms with van der Waals surface area (Å²) in [6, 6.07) is 3.66. The summed E-state index contributed by atoms with van der Waals surface area (Å²) in [5.74, 6) is -0.767. The Balaban J connectivity index is 2.04. The molecule has 112 valence electrons. The predicted octanol–water partition coefficient (Wildman–Crippen LogP) is 3.96. The number of nitrogens with one attached hydrogen (secondary N) is 1. The molecular weight excluding hydrogens is 260 g/mol. The maximum Gasteiger partial charge on any atom is 0.128 e. The third-order valence-corrected chi connectivity index (χ3v) is 4.25. The van der Waals surface area contributed by atoms with Gasteiger partial charge in [-0.15, -0.1) is 0 Å². The molecule has 0 amide bonds. The number of rotatable bonds is 4. The first-order valence-electron chi connectivity index (χ1n) is 7.28. The van der Waals surface area contributed by atoms with E-state index in [1.165, 1.54) is 12.1 Å². The molecule has 3 unspecified atom stereocenters. The molecule has 4 heteroatoms. The van der Waals surface area contributed by atoms with Gasteiger partial charge in [-0.2, -0.15) is 0 Å². The molecule has 1 aliphatic rings. The summed E-state index contributed by atoms with van der Waals surface area (Å²) in [6.45, 7) is 6.79. The van der Waals surface area contributed by atoms with Gasteiger partial charge in [-0.3, -0.25) is 0 Å². The van der Waals surface area contributed by atoms with Crippen LogP contribution in [0.1, 0.15) is 51.6 Å². The summed E-state index contributed by atoms with van der Waals surface area (Å²) in [4.78, 5) is 0. The van der Waals surface area contributed by atoms with Gasteiger partial charge in [0.15, 0.2) is 0 Å². The smallest absolute Gasteiger partial charge is 0.128 e. The number of hydrogen-bond acceptors (Lipinski definition) is 2. The lowest BCUT2D eigenvalue weighted by Crippen LogP contribution is -2.45. The second kappa shape index (κ2) is 6.19. The zero-order valence-corrected chi connectivity index (χ0v) is 12.4. The van der Waals surface area contributed by atoms with Crippen molar-refractivity contribution in [3.8, 4) is 0 Å². The maximum atomic E-state index is 13.8. The van der Waals surface area contributed by atoms with Gasteiger partial charge < -0.3 is 10.1 Å². The molecular formula is C16H23F2NO. The van der Waals surface area contributed by atoms with Crippen molar-refractivity contribution in [1.82, 2.24) is 5.32 Å². The molecule has 1 aromatic rings. The molecule has 0 aromatic heterocycles. The highest BCUT2D eigenvalue weighted by atomic mass is 19.1. The normalized spacial score (nSPS) is 28.4. The van der Waals surface area contributed by atoms with Crippen LogP contribution in [0.5, 0.6) is 0 Å². The van der Waals surface area contributed by atoms with E-state index in [-0.39, 0.29) is 23.5 Å². The Labute approximate surface area is 119 Å². The van der Waals surface area contributed by atoms with Gasteiger partial charge in [0, 0.05) is 24.3 Å². The van der Waals surface area contributed by atoms with Crippen molar-refractivity contribution in [3.05, 3.63) is 35.4 Å². The van der Waals surface area contributed by atoms with E-state index >= 15 is 0 Å². The highest BCUT2D eigenvalue weighted by Crippen LogP contribution is 2.29. The summed E-state index contributed by atoms with van der Waals surface area (Å²) in [5, 5.41) is 3.41. The Morgan fingerprint density at radius 3 is 2.90 bits per heavy atom. The largest absolute Gasteiger partial charge is 0.375 e. The number of hydrogen-bond donors (Lipinski definition) is 1. The third-order valence-electron chi connectivity index (χ3n) is 4.25. The van der Waals surface area contributed by atoms with Crippen molar-refractivity contribution in [2.24, 2.45) is 0 Å². The number of halogens is 2. The van der Waals surface area contributed by atoms with Gasteiger partial charge in [-0.25, -0.2) is 8.78 Å². The molecule has 0 saturated carbocycles. The highest BCUT2D eigenvalue weighted by molar-refractivity contribution is 5.22. The Bertz CT molecular complexity index is 466. The van der Waals surface area contributed by atoms with Gasteiger partial charge in [0.05, 0.1) is 5.60 Å². The minimum absolute atomic E-state index is 0.115. The van der Waals surface area contributed by atoms with E-state index < -0.39 is 5.82 Å². The average Bonchev–Trinajstić information content (AvgIpc) is 2.41. The number of ether oxygens (including phenoxy) is 1. The molecule has 2 rings (SSSR count). The molecule has 0 radical (unpaired) electrons. The van der Waals surface area contributed by atoms with E-state index in [1.807, 2.05) is 6.92 Å². The summed E-state index contributed by atoms with van der Waals surface area (Å²) in [5.41, 5.74) is 0.269. The van der Waals surface area contributed by atoms with Crippen molar-refractivity contribution >= 4 is 0 Å². The molecule has 0 aliphatic carbocycles. The van der Waals surface area contributed by atoms with E-state index in [1.54, 1.807) is 0 Å². The van der Waals surface area contributed by atoms with E-state index in [0.29, 0.717) is 12.2 Å². The van der Waals surface area contributed by atoms with Crippen LogP contribution in [0.2, 0.25) is 0 Å². The summed E-state index contributed by atoms with van der Waals surface area (Å²) >= 11 is 0. The summed E-state index contributed by atoms with van der Waals surface area (Å²) in [6.07, 6.45) is 2.75. The molecule has 1 aliphatic heterocycles. The van der Waals surface area contributed by atoms with Gasteiger partial charge in [0.25, 0.3) is 0 Å². The third kappa shape index (κ3) is 3.55. The molecule has 1 N–H and O–H groups in total. The first-order valence-corrected chi connectivity index (χ1v) is 7.28. The lowest BCUT2D eigenvalue weighted by molar-refractivity contribution is -0.0790. The lowest BCUT2D eigenvalue weighted by Gasteiger charge is -2.39. The Morgan fingerprint density at radius 1 is 1.45 bits per heavy atom. The minimum Gasteiger partial charge on any atom is -0.375 e. The molecule has 1 aromatic carbocycles. The molecule has 0 bridgehead atoms. The van der Waals surface area contributed by atoms with Crippen molar-refractivity contribution < 1.29 is 13.5 Å². The van der Waals surface area contributed by atoms with Crippen LogP contribution in [0.15, 0.2) is 18.2 Å². The Morgan fingerprint density at radius 2 is 2.20 bits per heavy atom. The van der Waals surface area contributed by atoms with Crippen LogP contribution in [0, 0.1) is 11.6 Å². The van der Waals surface area contributed by atoms with E-state index in [2.05, 4.69) is 19.2 Å². The summed E-state index contributed by atoms with van der Waals surface area (Å²) in [7, 11) is 0. The standard InChI is InChI=1S/C16H23F2NO/c1-4-16(3)10-13(7-8-20-16)19-11(2)14-9-12(17)5-6-15(14)18/h5-6,9,11,13,19H,4,7-8,10H2,1-3H3. The zero-order valence-electron chi connectivity index (χ0n) is 12.4. The molecule has 1 saturated heterocycles. The SMILES string of the molecule is CCC1(C)CC(NC(C)c2cc(F)ccc2F)CCO1. The quantitative estimate of drug-likeness (QED) is 0.903. The predicted molar refractivity (Wildman–Crippen MR) is 75.6 cm³/mol. The molecule has 0 spiro atoms. The molecule has 1 fully saturated rings. The molecule has 20 heavy (non-hydrogen) atoms. The van der Waals surface area contributed by atoms with E-state index in [4.69, 9.17) is 4.74 Å². The van der Waals surface area contributed by atoms with Crippen LogP contribution in [0.3, 0.4) is 0 Å². The van der Waals surface area contributed by atoms with E-state index in [0.717, 1.165) is 25.3 Å². The van der Waals surface area contributed by atoms with Crippen molar-refractivity contribution in [2.75, 3.05) is 6.61 Å². The van der Waals surface area contributed by atoms with Crippen molar-refractivity contribution in [3.63, 3.8) is 0 Å². The average molecular weight is 283 g/mol. The minimum atomic E-state index is -0.402. The van der Waals surface area contributed by atoms with Crippen molar-refractivity contribution in [2.45, 2.75) is 57.7 Å². The fourth-order valence-corrected chi connectivity index (χ4v) is 2.81. The van der Waals surface area contributed by atoms with E-state index in [9.17, 15) is 8.78 Å².